The first-order chi connectivity index (χ1) is 15.5. The Morgan fingerprint density at radius 1 is 1.19 bits per heavy atom. The van der Waals surface area contributed by atoms with Crippen molar-refractivity contribution < 1.29 is 4.74 Å². The van der Waals surface area contributed by atoms with Gasteiger partial charge < -0.3 is 4.74 Å². The highest BCUT2D eigenvalue weighted by molar-refractivity contribution is 7.17. The monoisotopic (exact) mass is 443 g/mol. The van der Waals surface area contributed by atoms with Crippen LogP contribution in [0.2, 0.25) is 0 Å². The molecule has 4 rings (SSSR count). The molecule has 0 spiro atoms. The second-order valence-electron chi connectivity index (χ2n) is 8.08. The van der Waals surface area contributed by atoms with Gasteiger partial charge in [0.25, 0.3) is 5.56 Å². The van der Waals surface area contributed by atoms with Crippen LogP contribution in [0.15, 0.2) is 58.7 Å². The number of nitrogens with zero attached hydrogens (tertiary/aromatic N) is 3. The predicted octanol–water partition coefficient (Wildman–Crippen LogP) is 5.36. The highest BCUT2D eigenvalue weighted by Crippen LogP contribution is 2.32. The highest BCUT2D eigenvalue weighted by Gasteiger charge is 2.17. The van der Waals surface area contributed by atoms with E-state index in [1.165, 1.54) is 16.9 Å². The third kappa shape index (κ3) is 4.36. The van der Waals surface area contributed by atoms with Crippen molar-refractivity contribution in [1.82, 2.24) is 9.55 Å². The van der Waals surface area contributed by atoms with E-state index in [0.29, 0.717) is 42.3 Å². The van der Waals surface area contributed by atoms with Gasteiger partial charge in [-0.1, -0.05) is 50.2 Å². The van der Waals surface area contributed by atoms with Crippen molar-refractivity contribution in [2.75, 3.05) is 13.7 Å². The Labute approximate surface area is 191 Å². The minimum atomic E-state index is -0.0624. The lowest BCUT2D eigenvalue weighted by Gasteiger charge is -2.13. The number of benzene rings is 2. The van der Waals surface area contributed by atoms with Crippen LogP contribution in [-0.2, 0) is 17.7 Å². The normalized spacial score (nSPS) is 11.2. The molecule has 0 N–H and O–H groups in total. The van der Waals surface area contributed by atoms with Gasteiger partial charge in [-0.05, 0) is 34.7 Å². The molecule has 0 radical (unpaired) electrons. The smallest absolute Gasteiger partial charge is 0.263 e. The maximum absolute atomic E-state index is 13.7. The molecular weight excluding hydrogens is 418 g/mol. The van der Waals surface area contributed by atoms with E-state index in [-0.39, 0.29) is 5.56 Å². The molecule has 0 amide bonds. The van der Waals surface area contributed by atoms with Gasteiger partial charge >= 0.3 is 0 Å². The van der Waals surface area contributed by atoms with Crippen LogP contribution >= 0.6 is 11.3 Å². The van der Waals surface area contributed by atoms with Gasteiger partial charge in [-0.25, -0.2) is 4.98 Å². The molecule has 2 heterocycles. The van der Waals surface area contributed by atoms with Crippen molar-refractivity contribution >= 4 is 21.6 Å². The van der Waals surface area contributed by atoms with Gasteiger partial charge in [0.2, 0.25) is 0 Å². The fourth-order valence-corrected chi connectivity index (χ4v) is 4.75. The Hall–Kier alpha value is -3.27. The summed E-state index contributed by atoms with van der Waals surface area (Å²) >= 11 is 1.49. The molecule has 0 aliphatic heterocycles. The van der Waals surface area contributed by atoms with Gasteiger partial charge in [-0.2, -0.15) is 5.26 Å². The molecule has 0 aliphatic carbocycles. The number of thiophene rings is 1. The third-order valence-electron chi connectivity index (χ3n) is 5.59. The minimum absolute atomic E-state index is 0.0624. The molecule has 4 aromatic rings. The molecule has 162 valence electrons. The number of fused-ring (bicyclic) bond motifs is 1. The van der Waals surface area contributed by atoms with Gasteiger partial charge in [-0.15, -0.1) is 11.3 Å². The average Bonchev–Trinajstić information content (AvgIpc) is 3.24. The maximum atomic E-state index is 13.7. The van der Waals surface area contributed by atoms with Gasteiger partial charge in [-0.3, -0.25) is 9.36 Å². The predicted molar refractivity (Wildman–Crippen MR) is 129 cm³/mol. The summed E-state index contributed by atoms with van der Waals surface area (Å²) in [5, 5.41) is 11.9. The van der Waals surface area contributed by atoms with Crippen LogP contribution in [0, 0.1) is 11.3 Å². The van der Waals surface area contributed by atoms with Crippen LogP contribution < -0.4 is 5.56 Å². The van der Waals surface area contributed by atoms with Crippen molar-refractivity contribution in [2.45, 2.75) is 32.7 Å². The molecule has 0 atom stereocenters. The van der Waals surface area contributed by atoms with Crippen molar-refractivity contribution in [3.05, 3.63) is 86.8 Å². The second-order valence-corrected chi connectivity index (χ2v) is 8.94. The number of nitriles is 1. The molecule has 0 bridgehead atoms. The SMILES string of the molecule is COCCc1nc2scc(-c3ccc(C(C)C)cc3)c2c(=O)n1Cc1cccc(C#N)c1. The summed E-state index contributed by atoms with van der Waals surface area (Å²) in [5.41, 5.74) is 4.60. The van der Waals surface area contributed by atoms with Crippen LogP contribution in [-0.4, -0.2) is 23.3 Å². The Morgan fingerprint density at radius 3 is 2.66 bits per heavy atom. The second kappa shape index (κ2) is 9.47. The third-order valence-corrected chi connectivity index (χ3v) is 6.46. The standard InChI is InChI=1S/C26H25N3O2S/c1-17(2)20-7-9-21(10-8-20)22-16-32-25-24(22)26(30)29(23(28-25)11-12-31-3)15-19-6-4-5-18(13-19)14-27/h4-10,13,16-17H,11-12,15H2,1-3H3. The summed E-state index contributed by atoms with van der Waals surface area (Å²) in [6.45, 7) is 5.17. The molecular formula is C26H25N3O2S. The molecule has 6 heteroatoms. The number of methoxy groups -OCH3 is 1. The van der Waals surface area contributed by atoms with Crippen molar-refractivity contribution in [3.8, 4) is 17.2 Å². The first-order valence-corrected chi connectivity index (χ1v) is 11.5. The molecule has 0 unspecified atom stereocenters. The van der Waals surface area contributed by atoms with E-state index in [1.807, 2.05) is 23.6 Å². The zero-order valence-electron chi connectivity index (χ0n) is 18.5. The van der Waals surface area contributed by atoms with Crippen molar-refractivity contribution in [2.24, 2.45) is 0 Å². The van der Waals surface area contributed by atoms with E-state index < -0.39 is 0 Å². The largest absolute Gasteiger partial charge is 0.384 e. The quantitative estimate of drug-likeness (QED) is 0.386. The van der Waals surface area contributed by atoms with E-state index in [4.69, 9.17) is 9.72 Å². The summed E-state index contributed by atoms with van der Waals surface area (Å²) in [4.78, 5) is 19.3. The molecule has 2 aromatic carbocycles. The van der Waals surface area contributed by atoms with Crippen LogP contribution in [0.5, 0.6) is 0 Å². The van der Waals surface area contributed by atoms with E-state index in [0.717, 1.165) is 21.5 Å². The number of hydrogen-bond acceptors (Lipinski definition) is 5. The molecule has 2 aromatic heterocycles. The summed E-state index contributed by atoms with van der Waals surface area (Å²) in [6, 6.07) is 17.9. The number of ether oxygens (including phenoxy) is 1. The zero-order chi connectivity index (χ0) is 22.7. The molecule has 5 nitrogen and oxygen atoms in total. The lowest BCUT2D eigenvalue weighted by atomic mass is 9.99. The van der Waals surface area contributed by atoms with Gasteiger partial charge in [0.15, 0.2) is 0 Å². The molecule has 32 heavy (non-hydrogen) atoms. The first-order valence-electron chi connectivity index (χ1n) is 10.6. The molecule has 0 saturated heterocycles. The summed E-state index contributed by atoms with van der Waals surface area (Å²) in [6.07, 6.45) is 0.538. The minimum Gasteiger partial charge on any atom is -0.384 e. The topological polar surface area (TPSA) is 67.9 Å². The van der Waals surface area contributed by atoms with Crippen LogP contribution in [0.25, 0.3) is 21.3 Å². The summed E-state index contributed by atoms with van der Waals surface area (Å²) in [7, 11) is 1.64. The lowest BCUT2D eigenvalue weighted by molar-refractivity contribution is 0.199. The average molecular weight is 444 g/mol. The maximum Gasteiger partial charge on any atom is 0.263 e. The lowest BCUT2D eigenvalue weighted by Crippen LogP contribution is -2.26. The fraction of sp³-hybridized carbons (Fsp3) is 0.269. The molecule has 0 saturated carbocycles. The first kappa shape index (κ1) is 21.9. The Kier molecular flexibility index (Phi) is 6.50. The fourth-order valence-electron chi connectivity index (χ4n) is 3.80. The Morgan fingerprint density at radius 2 is 1.97 bits per heavy atom. The molecule has 0 aliphatic rings. The van der Waals surface area contributed by atoms with Gasteiger partial charge in [0.1, 0.15) is 10.7 Å². The van der Waals surface area contributed by atoms with Crippen molar-refractivity contribution in [3.63, 3.8) is 0 Å². The van der Waals surface area contributed by atoms with E-state index in [9.17, 15) is 10.1 Å². The highest BCUT2D eigenvalue weighted by atomic mass is 32.1. The van der Waals surface area contributed by atoms with Crippen LogP contribution in [0.4, 0.5) is 0 Å². The van der Waals surface area contributed by atoms with Gasteiger partial charge in [0.05, 0.1) is 30.2 Å². The number of hydrogen-bond donors (Lipinski definition) is 0. The summed E-state index contributed by atoms with van der Waals surface area (Å²) in [5.74, 6) is 1.14. The van der Waals surface area contributed by atoms with E-state index in [1.54, 1.807) is 17.7 Å². The van der Waals surface area contributed by atoms with Gasteiger partial charge in [0, 0.05) is 24.5 Å². The number of rotatable bonds is 7. The Bertz CT molecular complexity index is 1340. The van der Waals surface area contributed by atoms with Crippen LogP contribution in [0.1, 0.15) is 42.3 Å². The van der Waals surface area contributed by atoms with E-state index >= 15 is 0 Å². The summed E-state index contributed by atoms with van der Waals surface area (Å²) < 4.78 is 6.97. The number of aromatic nitrogens is 2. The molecule has 0 fully saturated rings. The van der Waals surface area contributed by atoms with Crippen molar-refractivity contribution in [1.29, 1.82) is 5.26 Å². The van der Waals surface area contributed by atoms with E-state index in [2.05, 4.69) is 44.2 Å². The van der Waals surface area contributed by atoms with Crippen LogP contribution in [0.3, 0.4) is 0 Å². The Balaban J connectivity index is 1.85. The zero-order valence-corrected chi connectivity index (χ0v) is 19.3.